The number of carbonyl (C=O) groups excluding carboxylic acids is 4. The molecule has 16 heteroatoms. The second-order valence-electron chi connectivity index (χ2n) is 15.2. The lowest BCUT2D eigenvalue weighted by Crippen LogP contribution is -2.51. The van der Waals surface area contributed by atoms with E-state index in [0.717, 1.165) is 17.5 Å². The monoisotopic (exact) mass is 788 g/mol. The Kier molecular flexibility index (Phi) is 12.6. The van der Waals surface area contributed by atoms with Gasteiger partial charge >= 0.3 is 12.2 Å². The Morgan fingerprint density at radius 2 is 1.14 bits per heavy atom. The summed E-state index contributed by atoms with van der Waals surface area (Å²) in [6, 6.07) is 12.8. The third kappa shape index (κ3) is 8.79. The van der Waals surface area contributed by atoms with Crippen molar-refractivity contribution in [2.24, 2.45) is 17.8 Å². The molecule has 0 bridgehead atoms. The number of nitrogens with one attached hydrogen (secondary N) is 4. The molecule has 2 aliphatic heterocycles. The summed E-state index contributed by atoms with van der Waals surface area (Å²) in [5.41, 5.74) is 3.06. The van der Waals surface area contributed by atoms with Crippen molar-refractivity contribution < 1.29 is 37.4 Å². The predicted octanol–water partition coefficient (Wildman–Crippen LogP) is 6.75. The van der Waals surface area contributed by atoms with Crippen molar-refractivity contribution in [2.45, 2.75) is 71.5 Å². The number of likely N-dealkylation sites (tertiary alicyclic amines) is 2. The van der Waals surface area contributed by atoms with Crippen molar-refractivity contribution in [3.8, 4) is 33.6 Å². The maximum Gasteiger partial charge on any atom is 0.407 e. The molecule has 2 aromatic heterocycles. The van der Waals surface area contributed by atoms with Gasteiger partial charge in [-0.1, -0.05) is 76.2 Å². The molecule has 57 heavy (non-hydrogen) atoms. The zero-order chi connectivity index (χ0) is 41.0. The third-order valence-electron chi connectivity index (χ3n) is 10.9. The number of ether oxygens (including phenoxy) is 2. The van der Waals surface area contributed by atoms with Gasteiger partial charge in [-0.05, 0) is 48.6 Å². The van der Waals surface area contributed by atoms with Crippen molar-refractivity contribution in [1.82, 2.24) is 40.4 Å². The molecule has 4 amide bonds. The summed E-state index contributed by atoms with van der Waals surface area (Å²) in [4.78, 5) is 68.8. The zero-order valence-electron chi connectivity index (χ0n) is 33.0. The fraction of sp³-hybridized carbons (Fsp3) is 0.463. The Morgan fingerprint density at radius 1 is 0.702 bits per heavy atom. The lowest BCUT2D eigenvalue weighted by atomic mass is 9.94. The van der Waals surface area contributed by atoms with E-state index in [1.54, 1.807) is 34.1 Å². The van der Waals surface area contributed by atoms with Crippen LogP contribution in [0.1, 0.15) is 77.1 Å². The quantitative estimate of drug-likeness (QED) is 0.122. The summed E-state index contributed by atoms with van der Waals surface area (Å²) in [6.07, 6.45) is 1.35. The van der Waals surface area contributed by atoms with Crippen LogP contribution >= 0.6 is 0 Å². The van der Waals surface area contributed by atoms with Gasteiger partial charge < -0.3 is 39.9 Å². The molecule has 2 unspecified atom stereocenters. The minimum atomic E-state index is -0.803. The number of alkyl carbamates (subject to hydrolysis) is 2. The van der Waals surface area contributed by atoms with Crippen LogP contribution in [0.3, 0.4) is 0 Å². The van der Waals surface area contributed by atoms with Crippen LogP contribution in [0.15, 0.2) is 48.5 Å². The molecule has 0 saturated carbocycles. The summed E-state index contributed by atoms with van der Waals surface area (Å²) < 4.78 is 40.1. The second kappa shape index (κ2) is 17.6. The number of methoxy groups -OCH3 is 2. The fourth-order valence-corrected chi connectivity index (χ4v) is 7.67. The average molecular weight is 789 g/mol. The van der Waals surface area contributed by atoms with Crippen LogP contribution in [0.2, 0.25) is 0 Å². The Bertz CT molecular complexity index is 2070. The molecule has 0 aliphatic carbocycles. The van der Waals surface area contributed by atoms with E-state index in [0.29, 0.717) is 55.1 Å². The summed E-state index contributed by atoms with van der Waals surface area (Å²) in [7, 11) is 2.51. The molecule has 2 aliphatic rings. The largest absolute Gasteiger partial charge is 0.453 e. The summed E-state index contributed by atoms with van der Waals surface area (Å²) in [6.45, 7) is 8.57. The van der Waals surface area contributed by atoms with Crippen molar-refractivity contribution >= 4 is 24.0 Å². The summed E-state index contributed by atoms with van der Waals surface area (Å²) >= 11 is 0. The van der Waals surface area contributed by atoms with E-state index in [-0.39, 0.29) is 41.6 Å². The number of nitrogens with zero attached hydrogens (tertiary/aromatic N) is 4. The molecule has 6 rings (SSSR count). The molecule has 304 valence electrons. The van der Waals surface area contributed by atoms with Gasteiger partial charge in [0.1, 0.15) is 29.1 Å². The Hall–Kier alpha value is -5.80. The van der Waals surface area contributed by atoms with Gasteiger partial charge in [0.25, 0.3) is 0 Å². The van der Waals surface area contributed by atoms with E-state index >= 15 is 8.78 Å². The maximum absolute atomic E-state index is 15.4. The molecular weight excluding hydrogens is 738 g/mol. The van der Waals surface area contributed by atoms with Gasteiger partial charge in [-0.2, -0.15) is 8.78 Å². The summed E-state index contributed by atoms with van der Waals surface area (Å²) in [5, 5.41) is 5.24. The van der Waals surface area contributed by atoms with Gasteiger partial charge in [-0.25, -0.2) is 19.6 Å². The molecule has 0 radical (unpaired) electrons. The van der Waals surface area contributed by atoms with E-state index in [2.05, 4.69) is 35.3 Å². The highest BCUT2D eigenvalue weighted by atomic mass is 19.1. The van der Waals surface area contributed by atoms with Crippen molar-refractivity contribution in [3.05, 3.63) is 72.1 Å². The van der Waals surface area contributed by atoms with Gasteiger partial charge in [0.2, 0.25) is 23.7 Å². The number of halogens is 2. The zero-order valence-corrected chi connectivity index (χ0v) is 33.0. The molecule has 4 N–H and O–H groups in total. The van der Waals surface area contributed by atoms with E-state index in [4.69, 9.17) is 4.74 Å². The number of rotatable bonds is 12. The molecule has 2 aromatic carbocycles. The maximum atomic E-state index is 15.4. The first-order chi connectivity index (χ1) is 27.3. The van der Waals surface area contributed by atoms with E-state index < -0.39 is 48.1 Å². The number of aromatic amines is 2. The molecule has 4 heterocycles. The minimum Gasteiger partial charge on any atom is -0.453 e. The molecule has 2 fully saturated rings. The van der Waals surface area contributed by atoms with Gasteiger partial charge in [0, 0.05) is 30.8 Å². The summed E-state index contributed by atoms with van der Waals surface area (Å²) in [5.74, 6) is -1.66. The molecule has 14 nitrogen and oxygen atoms in total. The van der Waals surface area contributed by atoms with Crippen LogP contribution in [0.5, 0.6) is 0 Å². The number of benzene rings is 2. The van der Waals surface area contributed by atoms with E-state index in [9.17, 15) is 19.2 Å². The molecule has 0 spiro atoms. The first-order valence-corrected chi connectivity index (χ1v) is 19.3. The highest BCUT2D eigenvalue weighted by molar-refractivity contribution is 5.86. The SMILES string of the molecule is COC(=O)NC[C@H](C(=O)N1CCCC1c1nc(-c2ccc(-c3ccc(-c4nc(C5CCCN5C(=O)[C@@H](NC(=O)OC)C(C)C)[nH]c4F)cc3)cc2)c(F)[nH]1)C(C)C. The smallest absolute Gasteiger partial charge is 0.407 e. The number of aromatic nitrogens is 4. The van der Waals surface area contributed by atoms with Crippen LogP contribution in [-0.2, 0) is 19.1 Å². The number of imidazole rings is 2. The normalized spacial score (nSPS) is 17.9. The van der Waals surface area contributed by atoms with Crippen LogP contribution in [-0.4, -0.2) is 93.6 Å². The first kappa shape index (κ1) is 40.9. The van der Waals surface area contributed by atoms with Crippen LogP contribution in [0.25, 0.3) is 33.6 Å². The molecule has 4 aromatic rings. The Balaban J connectivity index is 1.14. The Morgan fingerprint density at radius 3 is 1.56 bits per heavy atom. The minimum absolute atomic E-state index is 0.0525. The number of H-pyrrole nitrogens is 2. The first-order valence-electron chi connectivity index (χ1n) is 19.3. The Labute approximate surface area is 330 Å². The molecule has 4 atom stereocenters. The molecular formula is C41H50F2N8O6. The number of amides is 4. The van der Waals surface area contributed by atoms with E-state index in [1.165, 1.54) is 14.2 Å². The van der Waals surface area contributed by atoms with E-state index in [1.807, 2.05) is 52.0 Å². The fourth-order valence-electron chi connectivity index (χ4n) is 7.67. The average Bonchev–Trinajstić information content (AvgIpc) is 4.03. The van der Waals surface area contributed by atoms with Gasteiger partial charge in [-0.15, -0.1) is 0 Å². The van der Waals surface area contributed by atoms with Crippen molar-refractivity contribution in [1.29, 1.82) is 0 Å². The van der Waals surface area contributed by atoms with Crippen LogP contribution < -0.4 is 10.6 Å². The third-order valence-corrected chi connectivity index (χ3v) is 10.9. The predicted molar refractivity (Wildman–Crippen MR) is 207 cm³/mol. The highest BCUT2D eigenvalue weighted by Crippen LogP contribution is 2.36. The topological polar surface area (TPSA) is 175 Å². The number of hydrogen-bond acceptors (Lipinski definition) is 8. The molecule has 2 saturated heterocycles. The van der Waals surface area contributed by atoms with Gasteiger partial charge in [0.15, 0.2) is 0 Å². The van der Waals surface area contributed by atoms with Crippen molar-refractivity contribution in [2.75, 3.05) is 33.9 Å². The van der Waals surface area contributed by atoms with Crippen LogP contribution in [0, 0.1) is 29.6 Å². The lowest BCUT2D eigenvalue weighted by molar-refractivity contribution is -0.138. The number of hydrogen-bond donors (Lipinski definition) is 4. The standard InChI is InChI=1S/C41H50F2N8O6/c1-22(2)28(21-44-40(54)56-5)38(52)50-19-7-9-29(50)36-45-32(34(42)48-36)26-15-11-24(12-16-26)25-13-17-27(18-14-25)33-35(43)49-37(46-33)30-10-8-20-51(30)39(53)31(23(3)4)47-41(55)57-6/h11-18,22-23,28-31H,7-10,19-21H2,1-6H3,(H,44,54)(H,45,48)(H,46,49)(H,47,55)/t28-,29?,30?,31-/m0/s1. The lowest BCUT2D eigenvalue weighted by Gasteiger charge is -2.29. The number of carbonyl (C=O) groups is 4. The van der Waals surface area contributed by atoms with Crippen molar-refractivity contribution in [3.63, 3.8) is 0 Å². The highest BCUT2D eigenvalue weighted by Gasteiger charge is 2.39. The second-order valence-corrected chi connectivity index (χ2v) is 15.2. The van der Waals surface area contributed by atoms with Gasteiger partial charge in [-0.3, -0.25) is 9.59 Å². The van der Waals surface area contributed by atoms with Gasteiger partial charge in [0.05, 0.1) is 32.2 Å². The van der Waals surface area contributed by atoms with Crippen LogP contribution in [0.4, 0.5) is 18.4 Å².